The van der Waals surface area contributed by atoms with E-state index in [0.29, 0.717) is 19.4 Å². The molecule has 0 aromatic carbocycles. The third-order valence-corrected chi connectivity index (χ3v) is 2.67. The van der Waals surface area contributed by atoms with Crippen LogP contribution in [0.3, 0.4) is 0 Å². The third kappa shape index (κ3) is 2.22. The fourth-order valence-electron chi connectivity index (χ4n) is 1.78. The van der Waals surface area contributed by atoms with E-state index in [2.05, 4.69) is 11.2 Å². The lowest BCUT2D eigenvalue weighted by atomic mass is 9.82. The van der Waals surface area contributed by atoms with E-state index in [9.17, 15) is 4.79 Å². The number of terminal acetylenes is 1. The van der Waals surface area contributed by atoms with Gasteiger partial charge < -0.3 is 10.4 Å². The smallest absolute Gasteiger partial charge is 0.310 e. The Balaban J connectivity index is 2.48. The Hall–Kier alpha value is -1.01. The van der Waals surface area contributed by atoms with E-state index in [1.807, 2.05) is 0 Å². The molecule has 72 valence electrons. The molecule has 1 fully saturated rings. The Kier molecular flexibility index (Phi) is 3.32. The number of rotatable bonds is 4. The first-order valence-corrected chi connectivity index (χ1v) is 4.59. The third-order valence-electron chi connectivity index (χ3n) is 2.67. The number of aliphatic carboxylic acids is 1. The van der Waals surface area contributed by atoms with Crippen molar-refractivity contribution in [1.29, 1.82) is 0 Å². The number of carbonyl (C=O) groups is 1. The van der Waals surface area contributed by atoms with Gasteiger partial charge >= 0.3 is 5.97 Å². The summed E-state index contributed by atoms with van der Waals surface area (Å²) in [6.45, 7) is 1.40. The lowest BCUT2D eigenvalue weighted by molar-refractivity contribution is -0.148. The maximum Gasteiger partial charge on any atom is 0.310 e. The highest BCUT2D eigenvalue weighted by molar-refractivity contribution is 5.75. The van der Waals surface area contributed by atoms with Crippen molar-refractivity contribution in [2.75, 3.05) is 13.1 Å². The second-order valence-electron chi connectivity index (χ2n) is 3.57. The van der Waals surface area contributed by atoms with E-state index >= 15 is 0 Å². The Labute approximate surface area is 78.5 Å². The first kappa shape index (κ1) is 10.1. The normalized spacial score (nSPS) is 27.0. The predicted molar refractivity (Wildman–Crippen MR) is 50.2 cm³/mol. The van der Waals surface area contributed by atoms with Gasteiger partial charge in [0.15, 0.2) is 0 Å². The highest BCUT2D eigenvalue weighted by Gasteiger charge is 2.40. The maximum atomic E-state index is 11.0. The van der Waals surface area contributed by atoms with Gasteiger partial charge in [-0.2, -0.15) is 0 Å². The summed E-state index contributed by atoms with van der Waals surface area (Å²) in [6.07, 6.45) is 8.03. The molecule has 1 rings (SSSR count). The zero-order valence-corrected chi connectivity index (χ0v) is 7.68. The molecule has 0 aromatic rings. The molecule has 0 radical (unpaired) electrons. The van der Waals surface area contributed by atoms with E-state index in [-0.39, 0.29) is 0 Å². The van der Waals surface area contributed by atoms with Gasteiger partial charge in [-0.1, -0.05) is 0 Å². The van der Waals surface area contributed by atoms with Gasteiger partial charge in [-0.15, -0.1) is 12.3 Å². The summed E-state index contributed by atoms with van der Waals surface area (Å²) >= 11 is 0. The molecule has 3 nitrogen and oxygen atoms in total. The number of hydrogen-bond donors (Lipinski definition) is 2. The molecule has 0 saturated carbocycles. The molecule has 1 unspecified atom stereocenters. The van der Waals surface area contributed by atoms with Crippen LogP contribution in [-0.4, -0.2) is 24.2 Å². The van der Waals surface area contributed by atoms with E-state index in [4.69, 9.17) is 11.5 Å². The molecular formula is C10H15NO2. The average Bonchev–Trinajstić information content (AvgIpc) is 2.55. The van der Waals surface area contributed by atoms with Crippen molar-refractivity contribution in [3.05, 3.63) is 0 Å². The Bertz CT molecular complexity index is 224. The molecule has 0 bridgehead atoms. The summed E-state index contributed by atoms with van der Waals surface area (Å²) in [6, 6.07) is 0. The molecule has 0 spiro atoms. The van der Waals surface area contributed by atoms with Crippen LogP contribution in [-0.2, 0) is 4.79 Å². The van der Waals surface area contributed by atoms with Crippen molar-refractivity contribution in [2.45, 2.75) is 25.7 Å². The lowest BCUT2D eigenvalue weighted by Gasteiger charge is -2.21. The molecule has 1 aliphatic rings. The standard InChI is InChI=1S/C10H15NO2/c1-2-3-4-5-10(9(12)13)6-7-11-8-10/h1,11H,3-8H2,(H,12,13). The van der Waals surface area contributed by atoms with E-state index in [1.54, 1.807) is 0 Å². The summed E-state index contributed by atoms with van der Waals surface area (Å²) < 4.78 is 0. The van der Waals surface area contributed by atoms with Gasteiger partial charge in [-0.05, 0) is 25.8 Å². The van der Waals surface area contributed by atoms with Crippen LogP contribution >= 0.6 is 0 Å². The van der Waals surface area contributed by atoms with Gasteiger partial charge in [0.05, 0.1) is 5.41 Å². The molecular weight excluding hydrogens is 166 g/mol. The van der Waals surface area contributed by atoms with Crippen LogP contribution < -0.4 is 5.32 Å². The largest absolute Gasteiger partial charge is 0.481 e. The van der Waals surface area contributed by atoms with Crippen LogP contribution in [0, 0.1) is 17.8 Å². The predicted octanol–water partition coefficient (Wildman–Crippen LogP) is 0.854. The molecule has 1 atom stereocenters. The second-order valence-corrected chi connectivity index (χ2v) is 3.57. The number of carboxylic acid groups (broad SMARTS) is 1. The number of nitrogens with one attached hydrogen (secondary N) is 1. The quantitative estimate of drug-likeness (QED) is 0.499. The molecule has 1 saturated heterocycles. The van der Waals surface area contributed by atoms with Gasteiger partial charge in [0.1, 0.15) is 0 Å². The van der Waals surface area contributed by atoms with Crippen molar-refractivity contribution in [1.82, 2.24) is 5.32 Å². The van der Waals surface area contributed by atoms with E-state index < -0.39 is 11.4 Å². The van der Waals surface area contributed by atoms with Crippen LogP contribution in [0.5, 0.6) is 0 Å². The van der Waals surface area contributed by atoms with Gasteiger partial charge in [0.25, 0.3) is 0 Å². The van der Waals surface area contributed by atoms with Gasteiger partial charge in [0.2, 0.25) is 0 Å². The first-order chi connectivity index (χ1) is 6.21. The summed E-state index contributed by atoms with van der Waals surface area (Å²) in [5.74, 6) is 1.85. The zero-order valence-electron chi connectivity index (χ0n) is 7.68. The zero-order chi connectivity index (χ0) is 9.73. The molecule has 1 heterocycles. The van der Waals surface area contributed by atoms with Crippen molar-refractivity contribution in [2.24, 2.45) is 5.41 Å². The molecule has 3 heteroatoms. The molecule has 0 aromatic heterocycles. The summed E-state index contributed by atoms with van der Waals surface area (Å²) in [5.41, 5.74) is -0.545. The number of carboxylic acids is 1. The van der Waals surface area contributed by atoms with E-state index in [1.165, 1.54) is 0 Å². The fraction of sp³-hybridized carbons (Fsp3) is 0.700. The monoisotopic (exact) mass is 181 g/mol. The Morgan fingerprint density at radius 3 is 2.92 bits per heavy atom. The second kappa shape index (κ2) is 4.29. The van der Waals surface area contributed by atoms with Gasteiger partial charge in [-0.25, -0.2) is 0 Å². The Morgan fingerprint density at radius 2 is 2.46 bits per heavy atom. The first-order valence-electron chi connectivity index (χ1n) is 4.59. The fourth-order valence-corrected chi connectivity index (χ4v) is 1.78. The van der Waals surface area contributed by atoms with Crippen LogP contribution in [0.15, 0.2) is 0 Å². The number of unbranched alkanes of at least 4 members (excludes halogenated alkanes) is 1. The molecule has 0 aliphatic carbocycles. The Morgan fingerprint density at radius 1 is 1.69 bits per heavy atom. The highest BCUT2D eigenvalue weighted by Crippen LogP contribution is 2.31. The molecule has 13 heavy (non-hydrogen) atoms. The summed E-state index contributed by atoms with van der Waals surface area (Å²) in [4.78, 5) is 11.0. The minimum Gasteiger partial charge on any atom is -0.481 e. The highest BCUT2D eigenvalue weighted by atomic mass is 16.4. The van der Waals surface area contributed by atoms with E-state index in [0.717, 1.165) is 19.4 Å². The van der Waals surface area contributed by atoms with Gasteiger partial charge in [-0.3, -0.25) is 4.79 Å². The van der Waals surface area contributed by atoms with Crippen LogP contribution in [0.25, 0.3) is 0 Å². The van der Waals surface area contributed by atoms with Gasteiger partial charge in [0, 0.05) is 13.0 Å². The lowest BCUT2D eigenvalue weighted by Crippen LogP contribution is -2.33. The van der Waals surface area contributed by atoms with Crippen molar-refractivity contribution in [3.8, 4) is 12.3 Å². The SMILES string of the molecule is C#CCCCC1(C(=O)O)CCNC1. The van der Waals surface area contributed by atoms with Crippen molar-refractivity contribution in [3.63, 3.8) is 0 Å². The summed E-state index contributed by atoms with van der Waals surface area (Å²) in [7, 11) is 0. The molecule has 0 amide bonds. The van der Waals surface area contributed by atoms with Crippen LogP contribution in [0.4, 0.5) is 0 Å². The summed E-state index contributed by atoms with van der Waals surface area (Å²) in [5, 5.41) is 12.2. The van der Waals surface area contributed by atoms with Crippen molar-refractivity contribution < 1.29 is 9.90 Å². The molecule has 1 aliphatic heterocycles. The topological polar surface area (TPSA) is 49.3 Å². The molecule has 2 N–H and O–H groups in total. The average molecular weight is 181 g/mol. The number of hydrogen-bond acceptors (Lipinski definition) is 2. The van der Waals surface area contributed by atoms with Crippen LogP contribution in [0.2, 0.25) is 0 Å². The van der Waals surface area contributed by atoms with Crippen LogP contribution in [0.1, 0.15) is 25.7 Å². The maximum absolute atomic E-state index is 11.0. The minimum absolute atomic E-state index is 0.545. The minimum atomic E-state index is -0.686. The van der Waals surface area contributed by atoms with Crippen molar-refractivity contribution >= 4 is 5.97 Å².